The number of hydrogen-bond acceptors (Lipinski definition) is 2. The Kier molecular flexibility index (Phi) is 5.36. The van der Waals surface area contributed by atoms with Gasteiger partial charge in [0.1, 0.15) is 0 Å². The standard InChI is InChI=1S/C15H25N3O/c1-15(19,13-9-7-6-8-10-13)11-12-16-14(17(2)3)18(4)5/h6-10,19H,11-12H2,1-5H3. The van der Waals surface area contributed by atoms with E-state index in [1.165, 1.54) is 0 Å². The summed E-state index contributed by atoms with van der Waals surface area (Å²) >= 11 is 0. The van der Waals surface area contributed by atoms with Crippen LogP contribution in [-0.2, 0) is 5.60 Å². The lowest BCUT2D eigenvalue weighted by Gasteiger charge is -2.25. The molecule has 1 atom stereocenters. The summed E-state index contributed by atoms with van der Waals surface area (Å²) in [6, 6.07) is 9.73. The topological polar surface area (TPSA) is 39.1 Å². The van der Waals surface area contributed by atoms with E-state index >= 15 is 0 Å². The van der Waals surface area contributed by atoms with Gasteiger partial charge in [-0.25, -0.2) is 0 Å². The third-order valence-electron chi connectivity index (χ3n) is 3.05. The van der Waals surface area contributed by atoms with Crippen LogP contribution in [0.4, 0.5) is 0 Å². The minimum Gasteiger partial charge on any atom is -0.385 e. The van der Waals surface area contributed by atoms with Crippen molar-refractivity contribution in [1.29, 1.82) is 0 Å². The molecule has 1 aromatic rings. The van der Waals surface area contributed by atoms with Crippen molar-refractivity contribution in [2.45, 2.75) is 18.9 Å². The van der Waals surface area contributed by atoms with Crippen molar-refractivity contribution in [2.75, 3.05) is 34.7 Å². The molecule has 1 N–H and O–H groups in total. The second-order valence-electron chi connectivity index (χ2n) is 5.36. The van der Waals surface area contributed by atoms with E-state index in [4.69, 9.17) is 0 Å². The van der Waals surface area contributed by atoms with E-state index in [0.29, 0.717) is 13.0 Å². The highest BCUT2D eigenvalue weighted by atomic mass is 16.3. The number of rotatable bonds is 4. The van der Waals surface area contributed by atoms with Crippen LogP contribution >= 0.6 is 0 Å². The molecule has 19 heavy (non-hydrogen) atoms. The van der Waals surface area contributed by atoms with Gasteiger partial charge in [0.25, 0.3) is 0 Å². The van der Waals surface area contributed by atoms with Crippen LogP contribution < -0.4 is 0 Å². The Morgan fingerprint density at radius 2 is 1.63 bits per heavy atom. The quantitative estimate of drug-likeness (QED) is 0.664. The maximum atomic E-state index is 10.5. The Hall–Kier alpha value is -1.55. The SMILES string of the molecule is CN(C)C(=NCCC(C)(O)c1ccccc1)N(C)C. The monoisotopic (exact) mass is 263 g/mol. The summed E-state index contributed by atoms with van der Waals surface area (Å²) in [5.41, 5.74) is 0.0931. The molecule has 0 saturated heterocycles. The van der Waals surface area contributed by atoms with Gasteiger partial charge in [0, 0.05) is 34.7 Å². The van der Waals surface area contributed by atoms with Crippen LogP contribution in [0.15, 0.2) is 35.3 Å². The number of aliphatic hydroxyl groups is 1. The Balaban J connectivity index is 2.68. The van der Waals surface area contributed by atoms with Gasteiger partial charge < -0.3 is 14.9 Å². The first kappa shape index (κ1) is 15.5. The summed E-state index contributed by atoms with van der Waals surface area (Å²) in [7, 11) is 7.87. The smallest absolute Gasteiger partial charge is 0.195 e. The summed E-state index contributed by atoms with van der Waals surface area (Å²) in [6.45, 7) is 2.43. The van der Waals surface area contributed by atoms with Crippen molar-refractivity contribution in [1.82, 2.24) is 9.80 Å². The van der Waals surface area contributed by atoms with Crippen molar-refractivity contribution in [3.63, 3.8) is 0 Å². The first-order valence-electron chi connectivity index (χ1n) is 6.51. The summed E-state index contributed by atoms with van der Waals surface area (Å²) in [4.78, 5) is 8.48. The molecule has 4 nitrogen and oxygen atoms in total. The molecule has 1 aromatic carbocycles. The molecule has 0 aliphatic heterocycles. The van der Waals surface area contributed by atoms with E-state index < -0.39 is 5.60 Å². The first-order valence-corrected chi connectivity index (χ1v) is 6.51. The van der Waals surface area contributed by atoms with Crippen molar-refractivity contribution in [2.24, 2.45) is 4.99 Å². The van der Waals surface area contributed by atoms with Gasteiger partial charge in [0.2, 0.25) is 0 Å². The average Bonchev–Trinajstić information content (AvgIpc) is 2.34. The number of nitrogens with zero attached hydrogens (tertiary/aromatic N) is 3. The normalized spacial score (nSPS) is 13.6. The van der Waals surface area contributed by atoms with Crippen molar-refractivity contribution in [3.8, 4) is 0 Å². The fraction of sp³-hybridized carbons (Fsp3) is 0.533. The van der Waals surface area contributed by atoms with Crippen LogP contribution in [0.3, 0.4) is 0 Å². The number of hydrogen-bond donors (Lipinski definition) is 1. The van der Waals surface area contributed by atoms with Gasteiger partial charge in [-0.1, -0.05) is 30.3 Å². The third kappa shape index (κ3) is 4.56. The van der Waals surface area contributed by atoms with Crippen LogP contribution in [0.25, 0.3) is 0 Å². The second kappa shape index (κ2) is 6.57. The number of guanidine groups is 1. The summed E-state index contributed by atoms with van der Waals surface area (Å²) in [5.74, 6) is 0.906. The molecule has 0 radical (unpaired) electrons. The summed E-state index contributed by atoms with van der Waals surface area (Å²) < 4.78 is 0. The highest BCUT2D eigenvalue weighted by Crippen LogP contribution is 2.23. The Bertz CT molecular complexity index is 401. The first-order chi connectivity index (χ1) is 8.84. The largest absolute Gasteiger partial charge is 0.385 e. The molecule has 0 bridgehead atoms. The van der Waals surface area contributed by atoms with Gasteiger partial charge in [-0.3, -0.25) is 4.99 Å². The van der Waals surface area contributed by atoms with Crippen LogP contribution in [0.2, 0.25) is 0 Å². The molecule has 1 rings (SSSR count). The van der Waals surface area contributed by atoms with Gasteiger partial charge >= 0.3 is 0 Å². The predicted molar refractivity (Wildman–Crippen MR) is 80.3 cm³/mol. The van der Waals surface area contributed by atoms with Gasteiger partial charge in [-0.05, 0) is 18.9 Å². The predicted octanol–water partition coefficient (Wildman–Crippen LogP) is 1.76. The van der Waals surface area contributed by atoms with Crippen LogP contribution in [0.1, 0.15) is 18.9 Å². The van der Waals surface area contributed by atoms with Crippen molar-refractivity contribution in [3.05, 3.63) is 35.9 Å². The van der Waals surface area contributed by atoms with Gasteiger partial charge in [0.15, 0.2) is 5.96 Å². The van der Waals surface area contributed by atoms with E-state index in [1.54, 1.807) is 0 Å². The van der Waals surface area contributed by atoms with Crippen molar-refractivity contribution >= 4 is 5.96 Å². The van der Waals surface area contributed by atoms with E-state index in [1.807, 2.05) is 75.2 Å². The molecule has 0 amide bonds. The molecule has 4 heteroatoms. The third-order valence-corrected chi connectivity index (χ3v) is 3.05. The Morgan fingerprint density at radius 3 is 2.11 bits per heavy atom. The molecule has 0 fully saturated rings. The van der Waals surface area contributed by atoms with Crippen LogP contribution in [0, 0.1) is 0 Å². The minimum absolute atomic E-state index is 0.591. The highest BCUT2D eigenvalue weighted by molar-refractivity contribution is 5.79. The zero-order valence-corrected chi connectivity index (χ0v) is 12.6. The van der Waals surface area contributed by atoms with Crippen molar-refractivity contribution < 1.29 is 5.11 Å². The molecule has 0 spiro atoms. The number of aliphatic imine (C=N–C) groups is 1. The highest BCUT2D eigenvalue weighted by Gasteiger charge is 2.22. The van der Waals surface area contributed by atoms with E-state index in [2.05, 4.69) is 4.99 Å². The molecule has 106 valence electrons. The van der Waals surface area contributed by atoms with Gasteiger partial charge in [0.05, 0.1) is 5.60 Å². The fourth-order valence-electron chi connectivity index (χ4n) is 2.00. The lowest BCUT2D eigenvalue weighted by molar-refractivity contribution is 0.0504. The molecule has 0 aliphatic carbocycles. The Labute approximate surface area is 116 Å². The van der Waals surface area contributed by atoms with E-state index in [0.717, 1.165) is 11.5 Å². The molecular formula is C15H25N3O. The second-order valence-corrected chi connectivity index (χ2v) is 5.36. The fourth-order valence-corrected chi connectivity index (χ4v) is 2.00. The summed E-state index contributed by atoms with van der Waals surface area (Å²) in [5, 5.41) is 10.5. The van der Waals surface area contributed by atoms with Crippen LogP contribution in [0.5, 0.6) is 0 Å². The van der Waals surface area contributed by atoms with Gasteiger partial charge in [-0.2, -0.15) is 0 Å². The molecular weight excluding hydrogens is 238 g/mol. The zero-order valence-electron chi connectivity index (χ0n) is 12.6. The maximum absolute atomic E-state index is 10.5. The zero-order chi connectivity index (χ0) is 14.5. The lowest BCUT2D eigenvalue weighted by atomic mass is 9.93. The molecule has 0 saturated carbocycles. The number of benzene rings is 1. The molecule has 0 aromatic heterocycles. The average molecular weight is 263 g/mol. The summed E-state index contributed by atoms with van der Waals surface area (Å²) in [6.07, 6.45) is 0.599. The van der Waals surface area contributed by atoms with Crippen LogP contribution in [-0.4, -0.2) is 55.6 Å². The van der Waals surface area contributed by atoms with E-state index in [9.17, 15) is 5.11 Å². The molecule has 0 heterocycles. The maximum Gasteiger partial charge on any atom is 0.195 e. The minimum atomic E-state index is -0.839. The van der Waals surface area contributed by atoms with E-state index in [-0.39, 0.29) is 0 Å². The molecule has 1 unspecified atom stereocenters. The lowest BCUT2D eigenvalue weighted by Crippen LogP contribution is -2.36. The Morgan fingerprint density at radius 1 is 1.11 bits per heavy atom. The molecule has 0 aliphatic rings. The van der Waals surface area contributed by atoms with Gasteiger partial charge in [-0.15, -0.1) is 0 Å².